The molecule has 1 amide bonds. The van der Waals surface area contributed by atoms with Crippen molar-refractivity contribution in [3.05, 3.63) is 23.8 Å². The third kappa shape index (κ3) is 3.35. The molecule has 0 radical (unpaired) electrons. The molecule has 1 aliphatic rings. The lowest BCUT2D eigenvalue weighted by Crippen LogP contribution is -2.34. The van der Waals surface area contributed by atoms with Gasteiger partial charge in [0.2, 0.25) is 0 Å². The summed E-state index contributed by atoms with van der Waals surface area (Å²) < 4.78 is 0. The zero-order valence-electron chi connectivity index (χ0n) is 11.2. The number of nitrogens with one attached hydrogen (secondary N) is 1. The maximum absolute atomic E-state index is 11.3. The zero-order chi connectivity index (χ0) is 13.8. The predicted octanol–water partition coefficient (Wildman–Crippen LogP) is 2.45. The Bertz CT molecular complexity index is 464. The first-order valence-corrected chi connectivity index (χ1v) is 7.89. The van der Waals surface area contributed by atoms with Gasteiger partial charge in [-0.25, -0.2) is 0 Å². The number of amides is 1. The molecule has 104 valence electrons. The SMILES string of the molecule is CSC1CCCCC1Nc1ccc(N)c(C(N)=O)c1. The van der Waals surface area contributed by atoms with E-state index >= 15 is 0 Å². The molecule has 0 spiro atoms. The Morgan fingerprint density at radius 1 is 1.37 bits per heavy atom. The van der Waals surface area contributed by atoms with Gasteiger partial charge in [0.1, 0.15) is 0 Å². The summed E-state index contributed by atoms with van der Waals surface area (Å²) in [4.78, 5) is 11.3. The number of hydrogen-bond acceptors (Lipinski definition) is 4. The van der Waals surface area contributed by atoms with Gasteiger partial charge < -0.3 is 16.8 Å². The van der Waals surface area contributed by atoms with Crippen molar-refractivity contribution in [2.45, 2.75) is 37.0 Å². The predicted molar refractivity (Wildman–Crippen MR) is 82.6 cm³/mol. The molecule has 4 nitrogen and oxygen atoms in total. The maximum atomic E-state index is 11.3. The Balaban J connectivity index is 2.14. The Labute approximate surface area is 118 Å². The Hall–Kier alpha value is -1.36. The molecule has 1 fully saturated rings. The molecule has 2 rings (SSSR count). The van der Waals surface area contributed by atoms with Crippen molar-refractivity contribution in [1.82, 2.24) is 0 Å². The highest BCUT2D eigenvalue weighted by Crippen LogP contribution is 2.30. The highest BCUT2D eigenvalue weighted by molar-refractivity contribution is 7.99. The lowest BCUT2D eigenvalue weighted by molar-refractivity contribution is 0.100. The average molecular weight is 279 g/mol. The van der Waals surface area contributed by atoms with Crippen LogP contribution < -0.4 is 16.8 Å². The van der Waals surface area contributed by atoms with E-state index in [2.05, 4.69) is 11.6 Å². The van der Waals surface area contributed by atoms with Crippen molar-refractivity contribution in [1.29, 1.82) is 0 Å². The second-order valence-electron chi connectivity index (χ2n) is 4.98. The van der Waals surface area contributed by atoms with Gasteiger partial charge in [-0.2, -0.15) is 11.8 Å². The van der Waals surface area contributed by atoms with Crippen molar-refractivity contribution in [2.75, 3.05) is 17.3 Å². The highest BCUT2D eigenvalue weighted by Gasteiger charge is 2.24. The Morgan fingerprint density at radius 2 is 2.11 bits per heavy atom. The molecule has 0 saturated heterocycles. The molecule has 0 aliphatic heterocycles. The number of thioether (sulfide) groups is 1. The molecule has 19 heavy (non-hydrogen) atoms. The van der Waals surface area contributed by atoms with E-state index in [1.54, 1.807) is 12.1 Å². The molecular formula is C14H21N3OS. The molecule has 1 aromatic carbocycles. The molecule has 1 saturated carbocycles. The fourth-order valence-corrected chi connectivity index (χ4v) is 3.55. The van der Waals surface area contributed by atoms with E-state index in [1.807, 2.05) is 17.8 Å². The second kappa shape index (κ2) is 6.19. The summed E-state index contributed by atoms with van der Waals surface area (Å²) in [5.74, 6) is -0.480. The summed E-state index contributed by atoms with van der Waals surface area (Å²) in [7, 11) is 0. The first kappa shape index (κ1) is 14.1. The van der Waals surface area contributed by atoms with Crippen LogP contribution in [0.4, 0.5) is 11.4 Å². The summed E-state index contributed by atoms with van der Waals surface area (Å²) in [6.07, 6.45) is 7.13. The number of carbonyl (C=O) groups is 1. The van der Waals surface area contributed by atoms with E-state index in [1.165, 1.54) is 25.7 Å². The minimum Gasteiger partial charge on any atom is -0.398 e. The molecule has 5 heteroatoms. The van der Waals surface area contributed by atoms with Crippen LogP contribution in [-0.2, 0) is 0 Å². The van der Waals surface area contributed by atoms with Crippen molar-refractivity contribution < 1.29 is 4.79 Å². The maximum Gasteiger partial charge on any atom is 0.250 e. The largest absolute Gasteiger partial charge is 0.398 e. The van der Waals surface area contributed by atoms with E-state index in [0.717, 1.165) is 5.69 Å². The number of primary amides is 1. The number of nitrogens with two attached hydrogens (primary N) is 2. The Kier molecular flexibility index (Phi) is 4.58. The molecule has 2 atom stereocenters. The van der Waals surface area contributed by atoms with Crippen LogP contribution in [0.3, 0.4) is 0 Å². The topological polar surface area (TPSA) is 81.1 Å². The lowest BCUT2D eigenvalue weighted by atomic mass is 9.94. The quantitative estimate of drug-likeness (QED) is 0.739. The van der Waals surface area contributed by atoms with Crippen LogP contribution >= 0.6 is 11.8 Å². The van der Waals surface area contributed by atoms with Gasteiger partial charge in [-0.05, 0) is 37.3 Å². The van der Waals surface area contributed by atoms with Gasteiger partial charge in [0, 0.05) is 22.7 Å². The van der Waals surface area contributed by atoms with Crippen molar-refractivity contribution in [3.8, 4) is 0 Å². The van der Waals surface area contributed by atoms with E-state index in [4.69, 9.17) is 11.5 Å². The van der Waals surface area contributed by atoms with Gasteiger partial charge in [-0.1, -0.05) is 12.8 Å². The van der Waals surface area contributed by atoms with E-state index in [-0.39, 0.29) is 0 Å². The number of anilines is 2. The van der Waals surface area contributed by atoms with Gasteiger partial charge in [0.25, 0.3) is 5.91 Å². The molecule has 1 aliphatic carbocycles. The molecule has 1 aromatic rings. The zero-order valence-corrected chi connectivity index (χ0v) is 12.0. The fraction of sp³-hybridized carbons (Fsp3) is 0.500. The first-order valence-electron chi connectivity index (χ1n) is 6.60. The summed E-state index contributed by atoms with van der Waals surface area (Å²) in [6.45, 7) is 0. The number of benzene rings is 1. The molecular weight excluding hydrogens is 258 g/mol. The molecule has 0 heterocycles. The van der Waals surface area contributed by atoms with Crippen LogP contribution in [0, 0.1) is 0 Å². The van der Waals surface area contributed by atoms with Crippen LogP contribution in [0.15, 0.2) is 18.2 Å². The Morgan fingerprint density at radius 3 is 2.79 bits per heavy atom. The second-order valence-corrected chi connectivity index (χ2v) is 6.05. The number of hydrogen-bond donors (Lipinski definition) is 3. The summed E-state index contributed by atoms with van der Waals surface area (Å²) in [6, 6.07) is 5.85. The lowest BCUT2D eigenvalue weighted by Gasteiger charge is -2.31. The standard InChI is InChI=1S/C14H21N3OS/c1-19-13-5-3-2-4-12(13)17-9-6-7-11(15)10(8-9)14(16)18/h6-8,12-13,17H,2-5,15H2,1H3,(H2,16,18). The third-order valence-electron chi connectivity index (χ3n) is 3.68. The van der Waals surface area contributed by atoms with Crippen molar-refractivity contribution >= 4 is 29.0 Å². The number of rotatable bonds is 4. The molecule has 0 aromatic heterocycles. The first-order chi connectivity index (χ1) is 9.11. The van der Waals surface area contributed by atoms with Crippen LogP contribution in [0.1, 0.15) is 36.0 Å². The normalized spacial score (nSPS) is 23.0. The van der Waals surface area contributed by atoms with E-state index in [9.17, 15) is 4.79 Å². The van der Waals surface area contributed by atoms with Crippen LogP contribution in [0.25, 0.3) is 0 Å². The molecule has 2 unspecified atom stereocenters. The van der Waals surface area contributed by atoms with Crippen LogP contribution in [0.5, 0.6) is 0 Å². The number of carbonyl (C=O) groups excluding carboxylic acids is 1. The monoisotopic (exact) mass is 279 g/mol. The van der Waals surface area contributed by atoms with E-state index in [0.29, 0.717) is 22.5 Å². The summed E-state index contributed by atoms with van der Waals surface area (Å²) in [5.41, 5.74) is 12.8. The molecule has 0 bridgehead atoms. The van der Waals surface area contributed by atoms with E-state index < -0.39 is 5.91 Å². The van der Waals surface area contributed by atoms with Gasteiger partial charge in [-0.15, -0.1) is 0 Å². The minimum absolute atomic E-state index is 0.390. The van der Waals surface area contributed by atoms with Gasteiger partial charge in [0.05, 0.1) is 5.56 Å². The van der Waals surface area contributed by atoms with Gasteiger partial charge in [0.15, 0.2) is 0 Å². The average Bonchev–Trinajstić information content (AvgIpc) is 2.41. The molecule has 5 N–H and O–H groups in total. The smallest absolute Gasteiger partial charge is 0.250 e. The minimum atomic E-state index is -0.480. The highest BCUT2D eigenvalue weighted by atomic mass is 32.2. The van der Waals surface area contributed by atoms with Crippen LogP contribution in [0.2, 0.25) is 0 Å². The van der Waals surface area contributed by atoms with Crippen molar-refractivity contribution in [3.63, 3.8) is 0 Å². The van der Waals surface area contributed by atoms with Crippen molar-refractivity contribution in [2.24, 2.45) is 5.73 Å². The third-order valence-corrected chi connectivity index (χ3v) is 4.85. The number of nitrogen functional groups attached to an aromatic ring is 1. The van der Waals surface area contributed by atoms with Crippen LogP contribution in [-0.4, -0.2) is 23.5 Å². The van der Waals surface area contributed by atoms with Gasteiger partial charge >= 0.3 is 0 Å². The van der Waals surface area contributed by atoms with Gasteiger partial charge in [-0.3, -0.25) is 4.79 Å². The fourth-order valence-electron chi connectivity index (χ4n) is 2.62. The summed E-state index contributed by atoms with van der Waals surface area (Å²) in [5, 5.41) is 4.15. The summed E-state index contributed by atoms with van der Waals surface area (Å²) >= 11 is 1.91.